The van der Waals surface area contributed by atoms with E-state index in [9.17, 15) is 14.7 Å². The van der Waals surface area contributed by atoms with Gasteiger partial charge in [-0.3, -0.25) is 9.59 Å². The van der Waals surface area contributed by atoms with Crippen molar-refractivity contribution in [1.82, 2.24) is 5.32 Å². The average molecular weight is 277 g/mol. The summed E-state index contributed by atoms with van der Waals surface area (Å²) < 4.78 is 0. The maximum atomic E-state index is 12.2. The Morgan fingerprint density at radius 1 is 1.25 bits per heavy atom. The highest BCUT2D eigenvalue weighted by Gasteiger charge is 2.66. The van der Waals surface area contributed by atoms with Gasteiger partial charge in [-0.2, -0.15) is 0 Å². The topological polar surface area (TPSA) is 86.6 Å². The molecule has 0 saturated heterocycles. The highest BCUT2D eigenvalue weighted by molar-refractivity contribution is 5.91. The summed E-state index contributed by atoms with van der Waals surface area (Å²) in [6.07, 6.45) is 0. The highest BCUT2D eigenvalue weighted by atomic mass is 16.4. The maximum absolute atomic E-state index is 12.2. The lowest BCUT2D eigenvalue weighted by molar-refractivity contribution is -0.140. The van der Waals surface area contributed by atoms with Crippen LogP contribution in [0.3, 0.4) is 0 Å². The molecule has 108 valence electrons. The largest absolute Gasteiger partial charge is 0.481 e. The second-order valence-corrected chi connectivity index (χ2v) is 5.77. The van der Waals surface area contributed by atoms with Crippen LogP contribution < -0.4 is 5.32 Å². The molecule has 1 unspecified atom stereocenters. The third-order valence-corrected chi connectivity index (χ3v) is 4.08. The van der Waals surface area contributed by atoms with Gasteiger partial charge in [-0.05, 0) is 11.0 Å². The van der Waals surface area contributed by atoms with E-state index < -0.39 is 29.3 Å². The molecule has 0 heterocycles. The van der Waals surface area contributed by atoms with Crippen LogP contribution in [0.1, 0.15) is 25.5 Å². The van der Waals surface area contributed by atoms with Crippen molar-refractivity contribution in [1.29, 1.82) is 0 Å². The van der Waals surface area contributed by atoms with Gasteiger partial charge in [0.1, 0.15) is 0 Å². The zero-order chi connectivity index (χ0) is 14.9. The van der Waals surface area contributed by atoms with E-state index in [4.69, 9.17) is 5.11 Å². The molecule has 5 nitrogen and oxygen atoms in total. The zero-order valence-corrected chi connectivity index (χ0v) is 11.5. The molecule has 2 rings (SSSR count). The molecule has 1 saturated carbocycles. The maximum Gasteiger partial charge on any atom is 0.307 e. The quantitative estimate of drug-likeness (QED) is 0.754. The molecule has 0 radical (unpaired) electrons. The van der Waals surface area contributed by atoms with Crippen molar-refractivity contribution < 1.29 is 19.8 Å². The van der Waals surface area contributed by atoms with Crippen molar-refractivity contribution in [3.63, 3.8) is 0 Å². The number of amides is 1. The number of carboxylic acid groups (broad SMARTS) is 1. The van der Waals surface area contributed by atoms with Gasteiger partial charge in [0.25, 0.3) is 0 Å². The van der Waals surface area contributed by atoms with Crippen LogP contribution in [-0.2, 0) is 9.59 Å². The normalized spacial score (nSPS) is 24.8. The average Bonchev–Trinajstić information content (AvgIpc) is 3.00. The molecule has 1 aromatic rings. The van der Waals surface area contributed by atoms with Crippen LogP contribution in [0.5, 0.6) is 0 Å². The Balaban J connectivity index is 2.07. The Bertz CT molecular complexity index is 512. The van der Waals surface area contributed by atoms with Gasteiger partial charge in [0, 0.05) is 0 Å². The lowest BCUT2D eigenvalue weighted by atomic mass is 10.1. The fraction of sp³-hybridized carbons (Fsp3) is 0.467. The molecule has 0 aliphatic heterocycles. The number of carboxylic acids is 1. The van der Waals surface area contributed by atoms with Gasteiger partial charge in [-0.25, -0.2) is 0 Å². The fourth-order valence-corrected chi connectivity index (χ4v) is 2.77. The van der Waals surface area contributed by atoms with E-state index in [0.717, 1.165) is 5.56 Å². The number of rotatable bonds is 5. The van der Waals surface area contributed by atoms with Crippen LogP contribution in [0.4, 0.5) is 0 Å². The summed E-state index contributed by atoms with van der Waals surface area (Å²) in [6.45, 7) is 3.32. The first-order valence-corrected chi connectivity index (χ1v) is 6.58. The number of hydrogen-bond donors (Lipinski definition) is 3. The molecule has 0 aromatic heterocycles. The summed E-state index contributed by atoms with van der Waals surface area (Å²) in [7, 11) is 0. The Hall–Kier alpha value is -1.88. The lowest BCUT2D eigenvalue weighted by Gasteiger charge is -2.17. The van der Waals surface area contributed by atoms with E-state index in [1.807, 2.05) is 30.3 Å². The second kappa shape index (κ2) is 5.25. The van der Waals surface area contributed by atoms with E-state index in [-0.39, 0.29) is 12.5 Å². The van der Waals surface area contributed by atoms with Gasteiger partial charge in [-0.15, -0.1) is 0 Å². The van der Waals surface area contributed by atoms with Gasteiger partial charge < -0.3 is 15.5 Å². The monoisotopic (exact) mass is 277 g/mol. The number of benzene rings is 1. The van der Waals surface area contributed by atoms with Crippen LogP contribution in [0.25, 0.3) is 0 Å². The highest BCUT2D eigenvalue weighted by Crippen LogP contribution is 2.58. The molecule has 3 N–H and O–H groups in total. The number of hydrogen-bond acceptors (Lipinski definition) is 3. The summed E-state index contributed by atoms with van der Waals surface area (Å²) in [5.41, 5.74) is 0.265. The number of carbonyl (C=O) groups is 2. The van der Waals surface area contributed by atoms with Gasteiger partial charge in [0.05, 0.1) is 24.5 Å². The minimum absolute atomic E-state index is 0.222. The minimum Gasteiger partial charge on any atom is -0.481 e. The smallest absolute Gasteiger partial charge is 0.307 e. The second-order valence-electron chi connectivity index (χ2n) is 5.77. The third-order valence-electron chi connectivity index (χ3n) is 4.08. The molecule has 1 amide bonds. The van der Waals surface area contributed by atoms with E-state index in [2.05, 4.69) is 5.32 Å². The van der Waals surface area contributed by atoms with Crippen LogP contribution in [0, 0.1) is 17.3 Å². The van der Waals surface area contributed by atoms with E-state index in [0.29, 0.717) is 0 Å². The number of nitrogens with one attached hydrogen (secondary N) is 1. The molecule has 0 spiro atoms. The molecule has 1 aliphatic carbocycles. The summed E-state index contributed by atoms with van der Waals surface area (Å²) in [5, 5.41) is 21.2. The van der Waals surface area contributed by atoms with Crippen molar-refractivity contribution in [2.75, 3.05) is 6.61 Å². The van der Waals surface area contributed by atoms with Crippen LogP contribution >= 0.6 is 0 Å². The molecule has 5 heteroatoms. The molecule has 1 aromatic carbocycles. The molecular formula is C15H19NO4. The molecular weight excluding hydrogens is 258 g/mol. The van der Waals surface area contributed by atoms with Crippen LogP contribution in [-0.4, -0.2) is 28.7 Å². The molecule has 1 aliphatic rings. The fourth-order valence-electron chi connectivity index (χ4n) is 2.77. The van der Waals surface area contributed by atoms with E-state index >= 15 is 0 Å². The number of aliphatic carboxylic acids is 1. The van der Waals surface area contributed by atoms with Crippen molar-refractivity contribution in [3.05, 3.63) is 35.9 Å². The van der Waals surface area contributed by atoms with Crippen molar-refractivity contribution in [3.8, 4) is 0 Å². The van der Waals surface area contributed by atoms with E-state index in [1.54, 1.807) is 13.8 Å². The Labute approximate surface area is 117 Å². The predicted molar refractivity (Wildman–Crippen MR) is 72.8 cm³/mol. The van der Waals surface area contributed by atoms with Gasteiger partial charge >= 0.3 is 5.97 Å². The van der Waals surface area contributed by atoms with Gasteiger partial charge in [0.15, 0.2) is 0 Å². The SMILES string of the molecule is CC1(C)[C@H](C(=O)O)[C@@H]1C(=O)NC(CO)c1ccccc1. The molecule has 0 bridgehead atoms. The van der Waals surface area contributed by atoms with Gasteiger partial charge in [-0.1, -0.05) is 44.2 Å². The standard InChI is InChI=1S/C15H19NO4/c1-15(2)11(12(15)14(19)20)13(18)16-10(8-17)9-6-4-3-5-7-9/h3-7,10-12,17H,8H2,1-2H3,(H,16,18)(H,19,20)/t10?,11-,12+/m1/s1. The zero-order valence-electron chi connectivity index (χ0n) is 11.5. The number of aliphatic hydroxyl groups excluding tert-OH is 1. The van der Waals surface area contributed by atoms with E-state index in [1.165, 1.54) is 0 Å². The predicted octanol–water partition coefficient (Wildman–Crippen LogP) is 1.19. The van der Waals surface area contributed by atoms with Crippen molar-refractivity contribution in [2.45, 2.75) is 19.9 Å². The molecule has 1 fully saturated rings. The lowest BCUT2D eigenvalue weighted by Crippen LogP contribution is -2.33. The summed E-state index contributed by atoms with van der Waals surface area (Å²) in [5.74, 6) is -2.46. The van der Waals surface area contributed by atoms with Crippen molar-refractivity contribution in [2.24, 2.45) is 17.3 Å². The molecule has 3 atom stereocenters. The van der Waals surface area contributed by atoms with Crippen LogP contribution in [0.2, 0.25) is 0 Å². The number of aliphatic hydroxyl groups is 1. The Morgan fingerprint density at radius 3 is 2.30 bits per heavy atom. The summed E-state index contributed by atoms with van der Waals surface area (Å²) in [6, 6.07) is 8.62. The number of carbonyl (C=O) groups excluding carboxylic acids is 1. The first-order chi connectivity index (χ1) is 9.39. The first-order valence-electron chi connectivity index (χ1n) is 6.58. The van der Waals surface area contributed by atoms with Crippen molar-refractivity contribution >= 4 is 11.9 Å². The third kappa shape index (κ3) is 2.54. The minimum atomic E-state index is -0.949. The first kappa shape index (κ1) is 14.5. The summed E-state index contributed by atoms with van der Waals surface area (Å²) in [4.78, 5) is 23.3. The Kier molecular flexibility index (Phi) is 3.81. The van der Waals surface area contributed by atoms with Crippen LogP contribution in [0.15, 0.2) is 30.3 Å². The summed E-state index contributed by atoms with van der Waals surface area (Å²) >= 11 is 0. The Morgan fingerprint density at radius 2 is 1.85 bits per heavy atom. The van der Waals surface area contributed by atoms with Gasteiger partial charge in [0.2, 0.25) is 5.91 Å². The molecule has 20 heavy (non-hydrogen) atoms.